The Bertz CT molecular complexity index is 1090. The number of nitrogens with one attached hydrogen (secondary N) is 1. The molecule has 0 aliphatic carbocycles. The summed E-state index contributed by atoms with van der Waals surface area (Å²) in [6.07, 6.45) is 5.79. The highest BCUT2D eigenvalue weighted by molar-refractivity contribution is 9.10. The Balaban J connectivity index is 1.43. The molecule has 158 valence electrons. The van der Waals surface area contributed by atoms with Crippen LogP contribution in [0.4, 0.5) is 0 Å². The number of ether oxygens (including phenoxy) is 2. The minimum atomic E-state index is -0.523. The van der Waals surface area contributed by atoms with Crippen LogP contribution in [-0.2, 0) is 9.59 Å². The Labute approximate surface area is 187 Å². The quantitative estimate of drug-likeness (QED) is 0.168. The number of benzene rings is 2. The third-order valence-corrected chi connectivity index (χ3v) is 4.49. The Kier molecular flexibility index (Phi) is 7.78. The molecule has 1 aromatic heterocycles. The summed E-state index contributed by atoms with van der Waals surface area (Å²) in [7, 11) is 0. The van der Waals surface area contributed by atoms with Crippen molar-refractivity contribution in [3.8, 4) is 11.5 Å². The molecule has 0 radical (unpaired) electrons. The van der Waals surface area contributed by atoms with E-state index in [0.717, 1.165) is 10.0 Å². The van der Waals surface area contributed by atoms with Gasteiger partial charge in [-0.05, 0) is 88.6 Å². The number of halogens is 1. The lowest BCUT2D eigenvalue weighted by Gasteiger charge is -2.07. The van der Waals surface area contributed by atoms with Gasteiger partial charge in [0.15, 0.2) is 6.61 Å². The molecule has 0 saturated carbocycles. The maximum Gasteiger partial charge on any atom is 0.336 e. The molecule has 1 heterocycles. The molecular formula is C23H19BrN2O5. The number of hydrazone groups is 1. The summed E-state index contributed by atoms with van der Waals surface area (Å²) in [4.78, 5) is 23.7. The highest BCUT2D eigenvalue weighted by Crippen LogP contribution is 2.25. The van der Waals surface area contributed by atoms with Gasteiger partial charge in [-0.3, -0.25) is 4.79 Å². The Hall–Kier alpha value is -3.65. The number of hydrogen-bond donors (Lipinski definition) is 1. The fourth-order valence-electron chi connectivity index (χ4n) is 2.39. The summed E-state index contributed by atoms with van der Waals surface area (Å²) in [6, 6.07) is 15.7. The molecule has 7 nitrogen and oxygen atoms in total. The van der Waals surface area contributed by atoms with Gasteiger partial charge >= 0.3 is 5.97 Å². The van der Waals surface area contributed by atoms with Crippen LogP contribution in [0.3, 0.4) is 0 Å². The SMILES string of the molecule is Cc1ccc(OCC(=O)N/N=C\c2ccc(OC(=O)/C=C\c3ccco3)cc2)c(Br)c1. The standard InChI is InChI=1S/C23H19BrN2O5/c1-16-4-10-21(20(24)13-16)30-15-22(27)26-25-14-17-5-7-19(8-6-17)31-23(28)11-9-18-3-2-12-29-18/h2-14H,15H2,1H3,(H,26,27)/b11-9-,25-14-. The van der Waals surface area contributed by atoms with Crippen molar-refractivity contribution in [2.24, 2.45) is 5.10 Å². The van der Waals surface area contributed by atoms with Crippen LogP contribution in [0.25, 0.3) is 6.08 Å². The topological polar surface area (TPSA) is 90.1 Å². The lowest BCUT2D eigenvalue weighted by atomic mass is 10.2. The van der Waals surface area contributed by atoms with Gasteiger partial charge in [0, 0.05) is 6.08 Å². The summed E-state index contributed by atoms with van der Waals surface area (Å²) >= 11 is 3.39. The lowest BCUT2D eigenvalue weighted by Crippen LogP contribution is -2.24. The number of rotatable bonds is 8. The summed E-state index contributed by atoms with van der Waals surface area (Å²) < 4.78 is 16.5. The zero-order valence-electron chi connectivity index (χ0n) is 16.6. The van der Waals surface area contributed by atoms with Gasteiger partial charge in [-0.15, -0.1) is 0 Å². The maximum atomic E-state index is 11.9. The number of carbonyl (C=O) groups excluding carboxylic acids is 2. The fraction of sp³-hybridized carbons (Fsp3) is 0.0870. The van der Waals surface area contributed by atoms with E-state index in [1.807, 2.05) is 19.1 Å². The van der Waals surface area contributed by atoms with E-state index >= 15 is 0 Å². The van der Waals surface area contributed by atoms with Crippen LogP contribution in [0.15, 0.2) is 80.9 Å². The number of nitrogens with zero attached hydrogens (tertiary/aromatic N) is 1. The van der Waals surface area contributed by atoms with E-state index in [9.17, 15) is 9.59 Å². The van der Waals surface area contributed by atoms with Crippen molar-refractivity contribution in [1.82, 2.24) is 5.43 Å². The van der Waals surface area contributed by atoms with Gasteiger partial charge < -0.3 is 13.9 Å². The van der Waals surface area contributed by atoms with Gasteiger partial charge in [0.1, 0.15) is 17.3 Å². The minimum Gasteiger partial charge on any atom is -0.483 e. The monoisotopic (exact) mass is 482 g/mol. The second-order valence-electron chi connectivity index (χ2n) is 6.35. The molecule has 2 aromatic carbocycles. The molecule has 0 spiro atoms. The second kappa shape index (κ2) is 10.9. The van der Waals surface area contributed by atoms with E-state index in [2.05, 4.69) is 26.5 Å². The molecule has 0 fully saturated rings. The van der Waals surface area contributed by atoms with Crippen LogP contribution in [0.5, 0.6) is 11.5 Å². The smallest absolute Gasteiger partial charge is 0.336 e. The molecule has 0 aliphatic heterocycles. The van der Waals surface area contributed by atoms with Crippen LogP contribution >= 0.6 is 15.9 Å². The molecule has 0 unspecified atom stereocenters. The second-order valence-corrected chi connectivity index (χ2v) is 7.21. The first-order chi connectivity index (χ1) is 15.0. The number of hydrogen-bond acceptors (Lipinski definition) is 6. The molecule has 0 bridgehead atoms. The Morgan fingerprint density at radius 2 is 1.97 bits per heavy atom. The van der Waals surface area contributed by atoms with Gasteiger partial charge in [0.25, 0.3) is 5.91 Å². The number of amides is 1. The van der Waals surface area contributed by atoms with Gasteiger partial charge in [0.2, 0.25) is 0 Å². The maximum absolute atomic E-state index is 11.9. The average Bonchev–Trinajstić information content (AvgIpc) is 3.27. The molecule has 0 aliphatic rings. The predicted octanol–water partition coefficient (Wildman–Crippen LogP) is 4.50. The minimum absolute atomic E-state index is 0.167. The van der Waals surface area contributed by atoms with Crippen molar-refractivity contribution in [2.45, 2.75) is 6.92 Å². The first-order valence-electron chi connectivity index (χ1n) is 9.24. The van der Waals surface area contributed by atoms with Crippen LogP contribution < -0.4 is 14.9 Å². The molecule has 31 heavy (non-hydrogen) atoms. The van der Waals surface area contributed by atoms with Crippen LogP contribution in [0.2, 0.25) is 0 Å². The van der Waals surface area contributed by atoms with Crippen molar-refractivity contribution in [3.63, 3.8) is 0 Å². The largest absolute Gasteiger partial charge is 0.483 e. The Morgan fingerprint density at radius 3 is 2.68 bits per heavy atom. The molecule has 8 heteroatoms. The highest BCUT2D eigenvalue weighted by atomic mass is 79.9. The third-order valence-electron chi connectivity index (χ3n) is 3.87. The molecule has 3 aromatic rings. The summed E-state index contributed by atoms with van der Waals surface area (Å²) in [5.41, 5.74) is 4.19. The van der Waals surface area contributed by atoms with Crippen LogP contribution in [0.1, 0.15) is 16.9 Å². The molecule has 0 saturated heterocycles. The number of carbonyl (C=O) groups is 2. The number of aryl methyl sites for hydroxylation is 1. The van der Waals surface area contributed by atoms with E-state index in [1.165, 1.54) is 24.6 Å². The normalized spacial score (nSPS) is 11.0. The summed E-state index contributed by atoms with van der Waals surface area (Å²) in [5.74, 6) is 0.603. The first-order valence-corrected chi connectivity index (χ1v) is 10.0. The van der Waals surface area contributed by atoms with Gasteiger partial charge in [-0.2, -0.15) is 5.10 Å². The molecular weight excluding hydrogens is 464 g/mol. The van der Waals surface area contributed by atoms with Crippen molar-refractivity contribution in [3.05, 3.63) is 88.3 Å². The fourth-order valence-corrected chi connectivity index (χ4v) is 2.99. The molecule has 3 rings (SSSR count). The van der Waals surface area contributed by atoms with Crippen molar-refractivity contribution in [1.29, 1.82) is 0 Å². The van der Waals surface area contributed by atoms with E-state index < -0.39 is 11.9 Å². The van der Waals surface area contributed by atoms with E-state index in [-0.39, 0.29) is 6.61 Å². The number of esters is 1. The van der Waals surface area contributed by atoms with Crippen LogP contribution in [0, 0.1) is 6.92 Å². The van der Waals surface area contributed by atoms with E-state index in [1.54, 1.807) is 42.5 Å². The van der Waals surface area contributed by atoms with Crippen molar-refractivity contribution in [2.75, 3.05) is 6.61 Å². The van der Waals surface area contributed by atoms with E-state index in [0.29, 0.717) is 22.8 Å². The van der Waals surface area contributed by atoms with Gasteiger partial charge in [0.05, 0.1) is 17.0 Å². The zero-order chi connectivity index (χ0) is 22.1. The predicted molar refractivity (Wildman–Crippen MR) is 120 cm³/mol. The molecule has 1 N–H and O–H groups in total. The average molecular weight is 483 g/mol. The number of furan rings is 1. The zero-order valence-corrected chi connectivity index (χ0v) is 18.2. The van der Waals surface area contributed by atoms with Gasteiger partial charge in [-0.25, -0.2) is 10.2 Å². The van der Waals surface area contributed by atoms with Crippen molar-refractivity contribution >= 4 is 40.1 Å². The first kappa shape index (κ1) is 22.0. The third kappa shape index (κ3) is 7.27. The van der Waals surface area contributed by atoms with Gasteiger partial charge in [-0.1, -0.05) is 6.07 Å². The summed E-state index contributed by atoms with van der Waals surface area (Å²) in [6.45, 7) is 1.80. The van der Waals surface area contributed by atoms with Crippen molar-refractivity contribution < 1.29 is 23.5 Å². The Morgan fingerprint density at radius 1 is 1.16 bits per heavy atom. The summed E-state index contributed by atoms with van der Waals surface area (Å²) in [5, 5.41) is 3.89. The van der Waals surface area contributed by atoms with E-state index in [4.69, 9.17) is 13.9 Å². The molecule has 1 amide bonds. The van der Waals surface area contributed by atoms with Crippen LogP contribution in [-0.4, -0.2) is 24.7 Å². The molecule has 0 atom stereocenters. The highest BCUT2D eigenvalue weighted by Gasteiger charge is 2.05. The lowest BCUT2D eigenvalue weighted by molar-refractivity contribution is -0.129.